The minimum absolute atomic E-state index is 0.191. The number of ether oxygens (including phenoxy) is 1. The molecule has 0 bridgehead atoms. The number of fused-ring (bicyclic) bond motifs is 1. The van der Waals surface area contributed by atoms with Gasteiger partial charge in [0.05, 0.1) is 30.9 Å². The van der Waals surface area contributed by atoms with Gasteiger partial charge >= 0.3 is 0 Å². The third kappa shape index (κ3) is 2.50. The Morgan fingerprint density at radius 1 is 1.41 bits per heavy atom. The Hall–Kier alpha value is -2.21. The Labute approximate surface area is 134 Å². The van der Waals surface area contributed by atoms with E-state index in [2.05, 4.69) is 21.0 Å². The molecule has 4 nitrogen and oxygen atoms in total. The van der Waals surface area contributed by atoms with Gasteiger partial charge in [-0.25, -0.2) is 4.39 Å². The van der Waals surface area contributed by atoms with E-state index in [0.29, 0.717) is 17.6 Å². The zero-order valence-electron chi connectivity index (χ0n) is 11.7. The molecule has 1 heterocycles. The summed E-state index contributed by atoms with van der Waals surface area (Å²) in [6, 6.07) is 8.46. The first-order valence-corrected chi connectivity index (χ1v) is 7.35. The number of methoxy groups -OCH3 is 1. The van der Waals surface area contributed by atoms with Crippen molar-refractivity contribution < 1.29 is 13.9 Å². The molecule has 0 radical (unpaired) electrons. The van der Waals surface area contributed by atoms with E-state index >= 15 is 0 Å². The number of aromatic nitrogens is 2. The first kappa shape index (κ1) is 14.7. The van der Waals surface area contributed by atoms with Crippen molar-refractivity contribution >= 4 is 33.1 Å². The van der Waals surface area contributed by atoms with Crippen LogP contribution in [0.4, 0.5) is 4.39 Å². The van der Waals surface area contributed by atoms with Crippen molar-refractivity contribution in [3.05, 3.63) is 57.9 Å². The maximum Gasteiger partial charge on any atom is 0.153 e. The van der Waals surface area contributed by atoms with Gasteiger partial charge in [-0.2, -0.15) is 5.10 Å². The summed E-state index contributed by atoms with van der Waals surface area (Å²) >= 11 is 3.47. The molecule has 22 heavy (non-hydrogen) atoms. The van der Waals surface area contributed by atoms with E-state index in [1.54, 1.807) is 10.9 Å². The molecule has 2 aromatic carbocycles. The number of benzene rings is 2. The third-order valence-electron chi connectivity index (χ3n) is 3.48. The molecule has 0 N–H and O–H groups in total. The van der Waals surface area contributed by atoms with E-state index in [4.69, 9.17) is 4.74 Å². The van der Waals surface area contributed by atoms with Gasteiger partial charge in [0.2, 0.25) is 0 Å². The second kappa shape index (κ2) is 5.88. The summed E-state index contributed by atoms with van der Waals surface area (Å²) in [4.78, 5) is 10.9. The second-order valence-corrected chi connectivity index (χ2v) is 5.63. The van der Waals surface area contributed by atoms with Crippen LogP contribution in [0, 0.1) is 5.82 Å². The predicted octanol–water partition coefficient (Wildman–Crippen LogP) is 3.81. The molecule has 1 aromatic heterocycles. The Morgan fingerprint density at radius 3 is 2.95 bits per heavy atom. The Balaban J connectivity index is 2.05. The first-order chi connectivity index (χ1) is 10.6. The second-order valence-electron chi connectivity index (χ2n) is 4.78. The van der Waals surface area contributed by atoms with Crippen molar-refractivity contribution in [2.75, 3.05) is 7.11 Å². The fraction of sp³-hybridized carbons (Fsp3) is 0.125. The van der Waals surface area contributed by atoms with Gasteiger partial charge in [-0.05, 0) is 24.3 Å². The number of nitrogens with zero attached hydrogens (tertiary/aromatic N) is 2. The molecule has 6 heteroatoms. The molecule has 0 aliphatic heterocycles. The molecule has 0 aliphatic rings. The van der Waals surface area contributed by atoms with E-state index in [1.165, 1.54) is 19.2 Å². The normalized spacial score (nSPS) is 10.9. The summed E-state index contributed by atoms with van der Waals surface area (Å²) < 4.78 is 21.9. The standard InChI is InChI=1S/C16H12BrFN2O2/c1-22-16-6-10(14(18)5-11(16)9-21)8-20-15-4-2-3-13(17)12(15)7-19-20/h2-7,9H,8H2,1H3. The average molecular weight is 363 g/mol. The maximum absolute atomic E-state index is 14.2. The van der Waals surface area contributed by atoms with Gasteiger partial charge in [0, 0.05) is 15.4 Å². The van der Waals surface area contributed by atoms with Crippen molar-refractivity contribution in [3.8, 4) is 5.75 Å². The van der Waals surface area contributed by atoms with Crippen LogP contribution < -0.4 is 4.74 Å². The van der Waals surface area contributed by atoms with Gasteiger partial charge in [0.1, 0.15) is 11.6 Å². The van der Waals surface area contributed by atoms with E-state index in [9.17, 15) is 9.18 Å². The highest BCUT2D eigenvalue weighted by atomic mass is 79.9. The van der Waals surface area contributed by atoms with Gasteiger partial charge in [-0.1, -0.05) is 22.0 Å². The highest BCUT2D eigenvalue weighted by Crippen LogP contribution is 2.26. The fourth-order valence-electron chi connectivity index (χ4n) is 2.36. The van der Waals surface area contributed by atoms with Crippen LogP contribution in [-0.2, 0) is 6.54 Å². The largest absolute Gasteiger partial charge is 0.496 e. The Morgan fingerprint density at radius 2 is 2.23 bits per heavy atom. The van der Waals surface area contributed by atoms with Crippen LogP contribution in [0.2, 0.25) is 0 Å². The smallest absolute Gasteiger partial charge is 0.153 e. The molecule has 0 fully saturated rings. The van der Waals surface area contributed by atoms with E-state index in [-0.39, 0.29) is 12.1 Å². The Bertz CT molecular complexity index is 861. The molecule has 0 unspecified atom stereocenters. The van der Waals surface area contributed by atoms with Gasteiger partial charge in [0.25, 0.3) is 0 Å². The maximum atomic E-state index is 14.2. The fourth-order valence-corrected chi connectivity index (χ4v) is 2.81. The highest BCUT2D eigenvalue weighted by molar-refractivity contribution is 9.10. The lowest BCUT2D eigenvalue weighted by atomic mass is 10.1. The highest BCUT2D eigenvalue weighted by Gasteiger charge is 2.13. The van der Waals surface area contributed by atoms with E-state index in [1.807, 2.05) is 18.2 Å². The molecule has 112 valence electrons. The van der Waals surface area contributed by atoms with Crippen LogP contribution in [0.5, 0.6) is 5.75 Å². The molecule has 0 spiro atoms. The van der Waals surface area contributed by atoms with Crippen LogP contribution in [0.1, 0.15) is 15.9 Å². The van der Waals surface area contributed by atoms with Crippen molar-refractivity contribution in [3.63, 3.8) is 0 Å². The summed E-state index contributed by atoms with van der Waals surface area (Å²) in [5, 5.41) is 5.26. The number of halogens is 2. The molecule has 0 amide bonds. The summed E-state index contributed by atoms with van der Waals surface area (Å²) in [5.41, 5.74) is 1.50. The summed E-state index contributed by atoms with van der Waals surface area (Å²) in [6.07, 6.45) is 2.31. The van der Waals surface area contributed by atoms with Crippen LogP contribution in [0.15, 0.2) is 41.0 Å². The zero-order chi connectivity index (χ0) is 15.7. The van der Waals surface area contributed by atoms with Crippen molar-refractivity contribution in [1.82, 2.24) is 9.78 Å². The molecule has 0 atom stereocenters. The molecule has 0 saturated heterocycles. The lowest BCUT2D eigenvalue weighted by Gasteiger charge is -2.10. The van der Waals surface area contributed by atoms with Crippen molar-refractivity contribution in [1.29, 1.82) is 0 Å². The number of rotatable bonds is 4. The number of carbonyl (C=O) groups excluding carboxylic acids is 1. The topological polar surface area (TPSA) is 44.1 Å². The SMILES string of the molecule is COc1cc(Cn2ncc3c(Br)cccc32)c(F)cc1C=O. The summed E-state index contributed by atoms with van der Waals surface area (Å²) in [6.45, 7) is 0.251. The lowest BCUT2D eigenvalue weighted by molar-refractivity contribution is 0.112. The Kier molecular flexibility index (Phi) is 3.94. The number of carbonyl (C=O) groups is 1. The van der Waals surface area contributed by atoms with E-state index in [0.717, 1.165) is 15.4 Å². The monoisotopic (exact) mass is 362 g/mol. The van der Waals surface area contributed by atoms with Crippen LogP contribution in [0.25, 0.3) is 10.9 Å². The van der Waals surface area contributed by atoms with Crippen LogP contribution in [-0.4, -0.2) is 23.2 Å². The van der Waals surface area contributed by atoms with Gasteiger partial charge in [-0.15, -0.1) is 0 Å². The van der Waals surface area contributed by atoms with Crippen LogP contribution in [0.3, 0.4) is 0 Å². The number of aldehydes is 1. The quantitative estimate of drug-likeness (QED) is 0.663. The molecular weight excluding hydrogens is 351 g/mol. The molecular formula is C16H12BrFN2O2. The zero-order valence-corrected chi connectivity index (χ0v) is 13.3. The first-order valence-electron chi connectivity index (χ1n) is 6.55. The molecule has 3 rings (SSSR count). The van der Waals surface area contributed by atoms with Gasteiger partial charge in [0.15, 0.2) is 6.29 Å². The average Bonchev–Trinajstić information content (AvgIpc) is 2.93. The minimum Gasteiger partial charge on any atom is -0.496 e. The number of hydrogen-bond donors (Lipinski definition) is 0. The summed E-state index contributed by atoms with van der Waals surface area (Å²) in [5.74, 6) is -0.106. The van der Waals surface area contributed by atoms with Crippen molar-refractivity contribution in [2.24, 2.45) is 0 Å². The summed E-state index contributed by atoms with van der Waals surface area (Å²) in [7, 11) is 1.45. The molecule has 0 aliphatic carbocycles. The minimum atomic E-state index is -0.457. The van der Waals surface area contributed by atoms with Gasteiger partial charge < -0.3 is 4.74 Å². The molecule has 0 saturated carbocycles. The van der Waals surface area contributed by atoms with Gasteiger partial charge in [-0.3, -0.25) is 9.48 Å². The van der Waals surface area contributed by atoms with Crippen molar-refractivity contribution in [2.45, 2.75) is 6.54 Å². The number of hydrogen-bond acceptors (Lipinski definition) is 3. The predicted molar refractivity (Wildman–Crippen MR) is 84.9 cm³/mol. The lowest BCUT2D eigenvalue weighted by Crippen LogP contribution is -2.05. The molecule has 3 aromatic rings. The van der Waals surface area contributed by atoms with E-state index < -0.39 is 5.82 Å². The van der Waals surface area contributed by atoms with Crippen LogP contribution >= 0.6 is 15.9 Å². The third-order valence-corrected chi connectivity index (χ3v) is 4.17.